The van der Waals surface area contributed by atoms with Crippen molar-refractivity contribution in [1.82, 2.24) is 14.2 Å². The van der Waals surface area contributed by atoms with E-state index in [4.69, 9.17) is 4.74 Å². The van der Waals surface area contributed by atoms with Crippen molar-refractivity contribution in [2.24, 2.45) is 0 Å². The zero-order chi connectivity index (χ0) is 21.3. The molecule has 0 bridgehead atoms. The molecule has 10 heteroatoms. The van der Waals surface area contributed by atoms with Crippen LogP contribution >= 0.6 is 11.3 Å². The molecule has 0 aromatic carbocycles. The molecule has 4 rings (SSSR count). The van der Waals surface area contributed by atoms with Crippen LogP contribution in [0.15, 0.2) is 29.3 Å². The van der Waals surface area contributed by atoms with E-state index in [9.17, 15) is 13.2 Å². The van der Waals surface area contributed by atoms with Gasteiger partial charge >= 0.3 is 0 Å². The number of aromatic nitrogens is 1. The van der Waals surface area contributed by atoms with Gasteiger partial charge in [-0.15, -0.1) is 11.3 Å². The fourth-order valence-electron chi connectivity index (χ4n) is 3.80. The molecule has 0 atom stereocenters. The van der Waals surface area contributed by atoms with Gasteiger partial charge in [-0.25, -0.2) is 13.4 Å². The minimum absolute atomic E-state index is 0.0800. The van der Waals surface area contributed by atoms with Crippen molar-refractivity contribution in [3.05, 3.63) is 39.7 Å². The first-order chi connectivity index (χ1) is 14.4. The normalized spacial score (nSPS) is 18.6. The van der Waals surface area contributed by atoms with E-state index in [2.05, 4.69) is 9.88 Å². The van der Waals surface area contributed by atoms with Crippen LogP contribution in [0.2, 0.25) is 0 Å². The van der Waals surface area contributed by atoms with Crippen molar-refractivity contribution in [2.45, 2.75) is 18.7 Å². The maximum Gasteiger partial charge on any atom is 0.255 e. The third-order valence-corrected chi connectivity index (χ3v) is 8.34. The Morgan fingerprint density at radius 3 is 2.33 bits per heavy atom. The fraction of sp³-hybridized carbons (Fsp3) is 0.500. The van der Waals surface area contributed by atoms with Gasteiger partial charge in [-0.05, 0) is 32.0 Å². The number of thiophene rings is 1. The second-order valence-electron chi connectivity index (χ2n) is 7.47. The number of rotatable bonds is 4. The molecular weight excluding hydrogens is 424 g/mol. The third-order valence-electron chi connectivity index (χ3n) is 5.49. The number of carbonyl (C=O) groups excluding carboxylic acids is 1. The molecule has 2 aromatic rings. The molecule has 2 aromatic heterocycles. The van der Waals surface area contributed by atoms with Gasteiger partial charge in [-0.3, -0.25) is 4.79 Å². The van der Waals surface area contributed by atoms with Crippen LogP contribution < -0.4 is 4.90 Å². The highest BCUT2D eigenvalue weighted by atomic mass is 32.2. The van der Waals surface area contributed by atoms with Crippen LogP contribution in [0, 0.1) is 13.8 Å². The van der Waals surface area contributed by atoms with Gasteiger partial charge < -0.3 is 14.5 Å². The predicted molar refractivity (Wildman–Crippen MR) is 116 cm³/mol. The quantitative estimate of drug-likeness (QED) is 0.706. The monoisotopic (exact) mass is 450 g/mol. The van der Waals surface area contributed by atoms with Crippen LogP contribution in [0.4, 0.5) is 5.82 Å². The lowest BCUT2D eigenvalue weighted by Crippen LogP contribution is -2.49. The first kappa shape index (κ1) is 21.2. The third kappa shape index (κ3) is 4.22. The summed E-state index contributed by atoms with van der Waals surface area (Å²) in [5.74, 6) is 0.807. The van der Waals surface area contributed by atoms with Gasteiger partial charge in [0.2, 0.25) is 10.0 Å². The van der Waals surface area contributed by atoms with Crippen molar-refractivity contribution >= 4 is 33.1 Å². The second kappa shape index (κ2) is 8.62. The SMILES string of the molecule is Cc1cc(C(=O)N2CCN(c3ccc(S(=O)(=O)N4CCOCC4)cn3)CC2)c(C)s1. The van der Waals surface area contributed by atoms with Gasteiger partial charge in [0.15, 0.2) is 0 Å². The molecular formula is C20H26N4O4S2. The van der Waals surface area contributed by atoms with Crippen LogP contribution in [-0.4, -0.2) is 81.0 Å². The maximum atomic E-state index is 12.8. The Morgan fingerprint density at radius 2 is 1.77 bits per heavy atom. The summed E-state index contributed by atoms with van der Waals surface area (Å²) in [4.78, 5) is 23.6. The summed E-state index contributed by atoms with van der Waals surface area (Å²) in [6, 6.07) is 5.32. The van der Waals surface area contributed by atoms with E-state index in [1.807, 2.05) is 24.8 Å². The Kier molecular flexibility index (Phi) is 6.10. The number of ether oxygens (including phenoxy) is 1. The number of hydrogen-bond acceptors (Lipinski definition) is 7. The first-order valence-electron chi connectivity index (χ1n) is 10.0. The van der Waals surface area contributed by atoms with Crippen LogP contribution in [0.25, 0.3) is 0 Å². The lowest BCUT2D eigenvalue weighted by Gasteiger charge is -2.35. The number of pyridine rings is 1. The smallest absolute Gasteiger partial charge is 0.255 e. The van der Waals surface area contributed by atoms with E-state index >= 15 is 0 Å². The van der Waals surface area contributed by atoms with E-state index in [-0.39, 0.29) is 10.8 Å². The summed E-state index contributed by atoms with van der Waals surface area (Å²) < 4.78 is 32.1. The molecule has 0 saturated carbocycles. The zero-order valence-electron chi connectivity index (χ0n) is 17.2. The van der Waals surface area contributed by atoms with Crippen LogP contribution in [0.5, 0.6) is 0 Å². The Bertz CT molecular complexity index is 1010. The molecule has 30 heavy (non-hydrogen) atoms. The number of hydrogen-bond donors (Lipinski definition) is 0. The van der Waals surface area contributed by atoms with Gasteiger partial charge in [0, 0.05) is 55.2 Å². The zero-order valence-corrected chi connectivity index (χ0v) is 18.8. The van der Waals surface area contributed by atoms with Gasteiger partial charge in [0.1, 0.15) is 10.7 Å². The Morgan fingerprint density at radius 1 is 1.07 bits per heavy atom. The minimum Gasteiger partial charge on any atom is -0.379 e. The fourth-order valence-corrected chi connectivity index (χ4v) is 6.07. The molecule has 2 fully saturated rings. The topological polar surface area (TPSA) is 83.1 Å². The summed E-state index contributed by atoms with van der Waals surface area (Å²) in [7, 11) is -3.54. The van der Waals surface area contributed by atoms with Gasteiger partial charge in [0.25, 0.3) is 5.91 Å². The molecule has 0 N–H and O–H groups in total. The average molecular weight is 451 g/mol. The average Bonchev–Trinajstić information content (AvgIpc) is 3.12. The largest absolute Gasteiger partial charge is 0.379 e. The Labute approximate surface area is 181 Å². The maximum absolute atomic E-state index is 12.8. The number of piperazine rings is 1. The van der Waals surface area contributed by atoms with Gasteiger partial charge in [0.05, 0.1) is 18.8 Å². The highest BCUT2D eigenvalue weighted by molar-refractivity contribution is 7.89. The standard InChI is InChI=1S/C20H26N4O4S2/c1-15-13-18(16(2)29-15)20(25)23-7-5-22(6-8-23)19-4-3-17(14-21-19)30(26,27)24-9-11-28-12-10-24/h3-4,13-14H,5-12H2,1-2H3. The molecule has 0 spiro atoms. The van der Waals surface area contributed by atoms with E-state index in [1.165, 1.54) is 10.5 Å². The molecule has 2 aliphatic rings. The van der Waals surface area contributed by atoms with Crippen molar-refractivity contribution in [1.29, 1.82) is 0 Å². The summed E-state index contributed by atoms with van der Waals surface area (Å²) in [5.41, 5.74) is 0.793. The number of nitrogens with zero attached hydrogens (tertiary/aromatic N) is 4. The van der Waals surface area contributed by atoms with Crippen molar-refractivity contribution in [3.63, 3.8) is 0 Å². The van der Waals surface area contributed by atoms with Crippen LogP contribution in [0.1, 0.15) is 20.1 Å². The Hall–Kier alpha value is -2.01. The number of amides is 1. The summed E-state index contributed by atoms with van der Waals surface area (Å²) in [6.45, 7) is 8.11. The van der Waals surface area contributed by atoms with Crippen molar-refractivity contribution in [3.8, 4) is 0 Å². The van der Waals surface area contributed by atoms with E-state index in [1.54, 1.807) is 23.5 Å². The lowest BCUT2D eigenvalue weighted by molar-refractivity contribution is 0.0730. The number of aryl methyl sites for hydroxylation is 2. The van der Waals surface area contributed by atoms with E-state index < -0.39 is 10.0 Å². The second-order valence-corrected chi connectivity index (χ2v) is 10.9. The highest BCUT2D eigenvalue weighted by Gasteiger charge is 2.28. The molecule has 4 heterocycles. The molecule has 162 valence electrons. The number of carbonyl (C=O) groups is 1. The summed E-state index contributed by atoms with van der Waals surface area (Å²) in [6.07, 6.45) is 1.43. The lowest BCUT2D eigenvalue weighted by atomic mass is 10.2. The number of anilines is 1. The van der Waals surface area contributed by atoms with Gasteiger partial charge in [-0.2, -0.15) is 4.31 Å². The summed E-state index contributed by atoms with van der Waals surface area (Å²) >= 11 is 1.65. The van der Waals surface area contributed by atoms with E-state index in [0.717, 1.165) is 21.1 Å². The minimum atomic E-state index is -3.54. The first-order valence-corrected chi connectivity index (χ1v) is 12.3. The molecule has 2 saturated heterocycles. The predicted octanol–water partition coefficient (Wildman–Crippen LogP) is 1.74. The van der Waals surface area contributed by atoms with Crippen LogP contribution in [-0.2, 0) is 14.8 Å². The number of sulfonamides is 1. The van der Waals surface area contributed by atoms with Crippen molar-refractivity contribution in [2.75, 3.05) is 57.4 Å². The molecule has 0 unspecified atom stereocenters. The molecule has 0 aliphatic carbocycles. The molecule has 0 radical (unpaired) electrons. The molecule has 2 aliphatic heterocycles. The molecule has 8 nitrogen and oxygen atoms in total. The highest BCUT2D eigenvalue weighted by Crippen LogP contribution is 2.24. The van der Waals surface area contributed by atoms with Crippen molar-refractivity contribution < 1.29 is 17.9 Å². The summed E-state index contributed by atoms with van der Waals surface area (Å²) in [5, 5.41) is 0. The Balaban J connectivity index is 1.39. The van der Waals surface area contributed by atoms with Gasteiger partial charge in [-0.1, -0.05) is 0 Å². The van der Waals surface area contributed by atoms with E-state index in [0.29, 0.717) is 52.5 Å². The number of morpholine rings is 1. The van der Waals surface area contributed by atoms with Crippen LogP contribution in [0.3, 0.4) is 0 Å². The molecule has 1 amide bonds.